The van der Waals surface area contributed by atoms with E-state index in [1.54, 1.807) is 52.0 Å². The lowest BCUT2D eigenvalue weighted by atomic mass is 10.1. The van der Waals surface area contributed by atoms with Crippen LogP contribution in [0.4, 0.5) is 35.1 Å². The number of aryl methyl sites for hydroxylation is 10. The summed E-state index contributed by atoms with van der Waals surface area (Å²) in [5.41, 5.74) is 8.12. The van der Waals surface area contributed by atoms with Crippen LogP contribution in [-0.2, 0) is 0 Å². The molecule has 0 aliphatic carbocycles. The summed E-state index contributed by atoms with van der Waals surface area (Å²) in [7, 11) is 0. The van der Waals surface area contributed by atoms with Gasteiger partial charge in [-0.25, -0.2) is 35.1 Å². The summed E-state index contributed by atoms with van der Waals surface area (Å²) < 4.78 is 101. The predicted molar refractivity (Wildman–Crippen MR) is 242 cm³/mol. The Labute approximate surface area is 357 Å². The second kappa shape index (κ2) is 29.9. The molecular formula is C52H68F8. The summed E-state index contributed by atoms with van der Waals surface area (Å²) in [5, 5.41) is 0. The molecule has 0 bridgehead atoms. The Kier molecular flexibility index (Phi) is 30.6. The van der Waals surface area contributed by atoms with Gasteiger partial charge in [-0.2, -0.15) is 0 Å². The number of halogens is 8. The highest BCUT2D eigenvalue weighted by Crippen LogP contribution is 2.15. The van der Waals surface area contributed by atoms with E-state index in [4.69, 9.17) is 0 Å². The lowest BCUT2D eigenvalue weighted by Gasteiger charge is -1.99. The topological polar surface area (TPSA) is 0 Å². The second-order valence-electron chi connectivity index (χ2n) is 13.7. The van der Waals surface area contributed by atoms with Gasteiger partial charge in [-0.15, -0.1) is 0 Å². The quantitative estimate of drug-likeness (QED) is 0.134. The maximum atomic E-state index is 12.6. The zero-order valence-electron chi connectivity index (χ0n) is 34.3. The molecule has 0 aliphatic rings. The minimum atomic E-state index is -0.736. The summed E-state index contributed by atoms with van der Waals surface area (Å²) in [4.78, 5) is 0. The van der Waals surface area contributed by atoms with Crippen LogP contribution in [0, 0.1) is 130 Å². The summed E-state index contributed by atoms with van der Waals surface area (Å²) in [5.74, 6) is -3.60. The van der Waals surface area contributed by atoms with Crippen molar-refractivity contribution in [1.29, 1.82) is 0 Å². The van der Waals surface area contributed by atoms with Crippen molar-refractivity contribution in [2.24, 2.45) is 0 Å². The van der Waals surface area contributed by atoms with E-state index in [0.29, 0.717) is 33.4 Å². The maximum Gasteiger partial charge on any atom is 0.161 e. The van der Waals surface area contributed by atoms with E-state index in [-0.39, 0.29) is 52.5 Å². The Balaban J connectivity index is -0.000000310. The minimum Gasteiger partial charge on any atom is -0.207 e. The van der Waals surface area contributed by atoms with Crippen LogP contribution in [0.2, 0.25) is 0 Å². The van der Waals surface area contributed by atoms with Gasteiger partial charge < -0.3 is 0 Å². The zero-order valence-corrected chi connectivity index (χ0v) is 34.3. The van der Waals surface area contributed by atoms with Crippen molar-refractivity contribution in [1.82, 2.24) is 0 Å². The highest BCUT2D eigenvalue weighted by Gasteiger charge is 2.06. The highest BCUT2D eigenvalue weighted by molar-refractivity contribution is 5.26. The normalized spacial score (nSPS) is 9.13. The Morgan fingerprint density at radius 1 is 0.233 bits per heavy atom. The van der Waals surface area contributed by atoms with E-state index in [9.17, 15) is 35.1 Å². The molecule has 6 aromatic rings. The van der Waals surface area contributed by atoms with Crippen LogP contribution >= 0.6 is 0 Å². The SMILES string of the molecule is C.C.C.C.Cc1cc(F)c(C)c(F)c1.Cc1cc(F)c(C)c(F)c1.Cc1ccc(C)c(F)c1.Cc1ccc(C)c(F)c1.Cc1ccc(C)c(F)c1F.Cc1ccc(C)cc1. The first kappa shape index (κ1) is 61.4. The van der Waals surface area contributed by atoms with Gasteiger partial charge in [0.15, 0.2) is 11.6 Å². The minimum absolute atomic E-state index is 0. The van der Waals surface area contributed by atoms with Gasteiger partial charge in [0.05, 0.1) is 0 Å². The van der Waals surface area contributed by atoms with Crippen molar-refractivity contribution in [2.75, 3.05) is 0 Å². The Morgan fingerprint density at radius 3 is 0.650 bits per heavy atom. The van der Waals surface area contributed by atoms with E-state index < -0.39 is 34.9 Å². The molecule has 0 unspecified atom stereocenters. The highest BCUT2D eigenvalue weighted by atomic mass is 19.2. The van der Waals surface area contributed by atoms with Crippen molar-refractivity contribution >= 4 is 0 Å². The van der Waals surface area contributed by atoms with Crippen molar-refractivity contribution in [3.05, 3.63) is 210 Å². The first-order valence-corrected chi connectivity index (χ1v) is 17.8. The lowest BCUT2D eigenvalue weighted by molar-refractivity contribution is 0.497. The molecule has 0 saturated carbocycles. The molecule has 0 nitrogen and oxygen atoms in total. The van der Waals surface area contributed by atoms with Crippen LogP contribution in [0.3, 0.4) is 0 Å². The van der Waals surface area contributed by atoms with Crippen molar-refractivity contribution < 1.29 is 35.1 Å². The predicted octanol–water partition coefficient (Wildman–Crippen LogP) is 17.5. The molecule has 60 heavy (non-hydrogen) atoms. The van der Waals surface area contributed by atoms with E-state index in [0.717, 1.165) is 11.1 Å². The molecule has 6 aromatic carbocycles. The largest absolute Gasteiger partial charge is 0.207 e. The van der Waals surface area contributed by atoms with Gasteiger partial charge in [0.2, 0.25) is 0 Å². The van der Waals surface area contributed by atoms with Crippen LogP contribution in [0.1, 0.15) is 96.5 Å². The molecular weight excluding hydrogens is 777 g/mol. The van der Waals surface area contributed by atoms with Gasteiger partial charge in [0.1, 0.15) is 34.9 Å². The molecule has 6 rings (SSSR count). The van der Waals surface area contributed by atoms with Gasteiger partial charge >= 0.3 is 0 Å². The number of benzene rings is 6. The van der Waals surface area contributed by atoms with Gasteiger partial charge in [-0.3, -0.25) is 0 Å². The number of hydrogen-bond acceptors (Lipinski definition) is 0. The molecule has 0 N–H and O–H groups in total. The monoisotopic (exact) mass is 845 g/mol. The van der Waals surface area contributed by atoms with E-state index in [2.05, 4.69) is 38.1 Å². The number of rotatable bonds is 0. The molecule has 0 amide bonds. The van der Waals surface area contributed by atoms with Gasteiger partial charge in [0, 0.05) is 11.1 Å². The summed E-state index contributed by atoms with van der Waals surface area (Å²) in [6.07, 6.45) is 0. The lowest BCUT2D eigenvalue weighted by Crippen LogP contribution is -1.91. The molecule has 0 fully saturated rings. The summed E-state index contributed by atoms with van der Waals surface area (Å²) in [6.45, 7) is 20.7. The van der Waals surface area contributed by atoms with Crippen LogP contribution < -0.4 is 0 Å². The molecule has 0 aromatic heterocycles. The molecule has 0 aliphatic heterocycles. The zero-order chi connectivity index (χ0) is 42.9. The van der Waals surface area contributed by atoms with Gasteiger partial charge in [-0.1, -0.05) is 101 Å². The first-order valence-electron chi connectivity index (χ1n) is 17.8. The van der Waals surface area contributed by atoms with Crippen molar-refractivity contribution in [3.8, 4) is 0 Å². The molecule has 0 heterocycles. The fourth-order valence-corrected chi connectivity index (χ4v) is 4.32. The fraction of sp³-hybridized carbons (Fsp3) is 0.308. The molecule has 332 valence electrons. The third-order valence-corrected chi connectivity index (χ3v) is 8.19. The smallest absolute Gasteiger partial charge is 0.161 e. The van der Waals surface area contributed by atoms with E-state index in [1.165, 1.54) is 75.2 Å². The Hall–Kier alpha value is -5.24. The summed E-state index contributed by atoms with van der Waals surface area (Å²) in [6, 6.07) is 27.3. The Bertz CT molecular complexity index is 1950. The number of hydrogen-bond donors (Lipinski definition) is 0. The average Bonchev–Trinajstić information content (AvgIpc) is 3.13. The maximum absolute atomic E-state index is 12.6. The Morgan fingerprint density at radius 2 is 0.433 bits per heavy atom. The molecule has 0 spiro atoms. The van der Waals surface area contributed by atoms with E-state index >= 15 is 0 Å². The standard InChI is InChI=1S/3C8H8F2.2C8H9F.C8H10.4CH4/c2*1-5-3-7(9)6(2)8(10)4-5;1-5-3-4-6(2)8(10)7(5)9;2*1-6-3-4-7(2)8(9)5-6;1-7-3-5-8(2)6-4-7;;;;/h3*3-4H,1-2H3;2*3-5H,1-2H3;3-6H,1-2H3;4*1H4. The first-order chi connectivity index (χ1) is 26.0. The fourth-order valence-electron chi connectivity index (χ4n) is 4.32. The second-order valence-corrected chi connectivity index (χ2v) is 13.7. The van der Waals surface area contributed by atoms with Crippen LogP contribution in [0.15, 0.2) is 97.1 Å². The third kappa shape index (κ3) is 22.2. The van der Waals surface area contributed by atoms with Crippen LogP contribution in [0.25, 0.3) is 0 Å². The molecule has 0 atom stereocenters. The molecule has 8 heteroatoms. The van der Waals surface area contributed by atoms with Gasteiger partial charge in [-0.05, 0) is 164 Å². The van der Waals surface area contributed by atoms with Crippen molar-refractivity contribution in [3.63, 3.8) is 0 Å². The van der Waals surface area contributed by atoms with Crippen molar-refractivity contribution in [2.45, 2.75) is 113 Å². The summed E-state index contributed by atoms with van der Waals surface area (Å²) >= 11 is 0. The van der Waals surface area contributed by atoms with Crippen LogP contribution in [0.5, 0.6) is 0 Å². The third-order valence-electron chi connectivity index (χ3n) is 8.19. The molecule has 0 saturated heterocycles. The molecule has 0 radical (unpaired) electrons. The average molecular weight is 845 g/mol. The van der Waals surface area contributed by atoms with E-state index in [1.807, 2.05) is 26.0 Å². The van der Waals surface area contributed by atoms with Gasteiger partial charge in [0.25, 0.3) is 0 Å². The van der Waals surface area contributed by atoms with Crippen LogP contribution in [-0.4, -0.2) is 0 Å².